The van der Waals surface area contributed by atoms with E-state index >= 15 is 0 Å². The van der Waals surface area contributed by atoms with Crippen molar-refractivity contribution in [3.8, 4) is 5.75 Å². The summed E-state index contributed by atoms with van der Waals surface area (Å²) in [5.41, 5.74) is 0.950. The molecule has 0 aliphatic heterocycles. The van der Waals surface area contributed by atoms with Gasteiger partial charge in [-0.1, -0.05) is 48.0 Å². The van der Waals surface area contributed by atoms with E-state index in [1.54, 1.807) is 42.5 Å². The molecule has 1 N–H and O–H groups in total. The van der Waals surface area contributed by atoms with Crippen LogP contribution >= 0.6 is 23.2 Å². The molecular weight excluding hydrogens is 309 g/mol. The molecule has 21 heavy (non-hydrogen) atoms. The van der Waals surface area contributed by atoms with Crippen LogP contribution in [0, 0.1) is 0 Å². The predicted octanol–water partition coefficient (Wildman–Crippen LogP) is 4.81. The van der Waals surface area contributed by atoms with Crippen molar-refractivity contribution in [1.82, 2.24) is 0 Å². The first-order valence-electron chi connectivity index (χ1n) is 6.20. The maximum Gasteiger partial charge on any atom is 0.255 e. The van der Waals surface area contributed by atoms with Crippen molar-refractivity contribution in [2.24, 2.45) is 0 Å². The first-order valence-corrected chi connectivity index (χ1v) is 6.96. The standard InChI is InChI=1S/C16H13Cl2NO2/c1-2-7-21-15-6-4-3-5-14(15)19-16(20)11-8-12(17)10-13(18)9-11/h2-6,8-10H,1,7H2,(H,19,20). The molecule has 2 rings (SSSR count). The average Bonchev–Trinajstić information content (AvgIpc) is 2.45. The lowest BCUT2D eigenvalue weighted by molar-refractivity contribution is 0.102. The first-order chi connectivity index (χ1) is 10.1. The van der Waals surface area contributed by atoms with E-state index in [-0.39, 0.29) is 5.91 Å². The number of halogens is 2. The number of hydrogen-bond donors (Lipinski definition) is 1. The van der Waals surface area contributed by atoms with Crippen molar-refractivity contribution in [2.45, 2.75) is 0 Å². The first kappa shape index (κ1) is 15.4. The summed E-state index contributed by atoms with van der Waals surface area (Å²) < 4.78 is 5.49. The third-order valence-corrected chi connectivity index (χ3v) is 3.05. The van der Waals surface area contributed by atoms with Crippen LogP contribution in [-0.2, 0) is 0 Å². The van der Waals surface area contributed by atoms with Crippen molar-refractivity contribution in [2.75, 3.05) is 11.9 Å². The number of amides is 1. The van der Waals surface area contributed by atoms with Gasteiger partial charge in [0.2, 0.25) is 0 Å². The topological polar surface area (TPSA) is 38.3 Å². The van der Waals surface area contributed by atoms with Crippen molar-refractivity contribution in [3.63, 3.8) is 0 Å². The third kappa shape index (κ3) is 4.25. The summed E-state index contributed by atoms with van der Waals surface area (Å²) >= 11 is 11.8. The summed E-state index contributed by atoms with van der Waals surface area (Å²) in [5.74, 6) is 0.257. The molecule has 0 aliphatic rings. The Labute approximate surface area is 133 Å². The lowest BCUT2D eigenvalue weighted by Gasteiger charge is -2.11. The molecule has 0 spiro atoms. The second kappa shape index (κ2) is 7.16. The average molecular weight is 322 g/mol. The lowest BCUT2D eigenvalue weighted by Crippen LogP contribution is -2.13. The molecule has 0 saturated carbocycles. The quantitative estimate of drug-likeness (QED) is 0.802. The largest absolute Gasteiger partial charge is 0.487 e. The molecular formula is C16H13Cl2NO2. The Morgan fingerprint density at radius 3 is 2.52 bits per heavy atom. The molecule has 108 valence electrons. The molecule has 0 heterocycles. The van der Waals surface area contributed by atoms with Crippen molar-refractivity contribution < 1.29 is 9.53 Å². The van der Waals surface area contributed by atoms with Gasteiger partial charge in [-0.05, 0) is 30.3 Å². The smallest absolute Gasteiger partial charge is 0.255 e. The summed E-state index contributed by atoms with van der Waals surface area (Å²) in [5, 5.41) is 3.59. The second-order valence-electron chi connectivity index (χ2n) is 4.21. The van der Waals surface area contributed by atoms with E-state index in [0.29, 0.717) is 33.7 Å². The van der Waals surface area contributed by atoms with Gasteiger partial charge in [-0.3, -0.25) is 4.79 Å². The molecule has 0 bridgehead atoms. The van der Waals surface area contributed by atoms with Gasteiger partial charge in [0.05, 0.1) is 5.69 Å². The highest BCUT2D eigenvalue weighted by Gasteiger charge is 2.11. The van der Waals surface area contributed by atoms with Crippen molar-refractivity contribution >= 4 is 34.8 Å². The Balaban J connectivity index is 2.21. The SMILES string of the molecule is C=CCOc1ccccc1NC(=O)c1cc(Cl)cc(Cl)c1. The van der Waals surface area contributed by atoms with Gasteiger partial charge in [0, 0.05) is 15.6 Å². The highest BCUT2D eigenvalue weighted by Crippen LogP contribution is 2.25. The molecule has 0 aromatic heterocycles. The molecule has 0 unspecified atom stereocenters. The molecule has 2 aromatic carbocycles. The Kier molecular flexibility index (Phi) is 5.26. The number of para-hydroxylation sites is 2. The Hall–Kier alpha value is -1.97. The number of benzene rings is 2. The van der Waals surface area contributed by atoms with Crippen molar-refractivity contribution in [3.05, 3.63) is 70.7 Å². The number of rotatable bonds is 5. The van der Waals surface area contributed by atoms with Gasteiger partial charge in [-0.25, -0.2) is 0 Å². The molecule has 0 radical (unpaired) electrons. The number of carbonyl (C=O) groups excluding carboxylic acids is 1. The number of nitrogens with one attached hydrogen (secondary N) is 1. The highest BCUT2D eigenvalue weighted by atomic mass is 35.5. The van der Waals surface area contributed by atoms with Gasteiger partial charge in [-0.2, -0.15) is 0 Å². The van der Waals surface area contributed by atoms with Crippen LogP contribution in [0.15, 0.2) is 55.1 Å². The molecule has 2 aromatic rings. The van der Waals surface area contributed by atoms with E-state index in [9.17, 15) is 4.79 Å². The summed E-state index contributed by atoms with van der Waals surface area (Å²) in [4.78, 5) is 12.2. The minimum absolute atomic E-state index is 0.311. The number of anilines is 1. The summed E-state index contributed by atoms with van der Waals surface area (Å²) in [6.45, 7) is 3.95. The van der Waals surface area contributed by atoms with E-state index < -0.39 is 0 Å². The zero-order chi connectivity index (χ0) is 15.2. The van der Waals surface area contributed by atoms with Gasteiger partial charge < -0.3 is 10.1 Å². The minimum atomic E-state index is -0.311. The van der Waals surface area contributed by atoms with Gasteiger partial charge in [0.1, 0.15) is 12.4 Å². The molecule has 0 atom stereocenters. The Morgan fingerprint density at radius 1 is 1.19 bits per heavy atom. The number of ether oxygens (including phenoxy) is 1. The summed E-state index contributed by atoms with van der Waals surface area (Å²) in [6, 6.07) is 11.8. The highest BCUT2D eigenvalue weighted by molar-refractivity contribution is 6.35. The summed E-state index contributed by atoms with van der Waals surface area (Å²) in [7, 11) is 0. The van der Waals surface area contributed by atoms with E-state index in [0.717, 1.165) is 0 Å². The monoisotopic (exact) mass is 321 g/mol. The normalized spacial score (nSPS) is 10.0. The Morgan fingerprint density at radius 2 is 1.86 bits per heavy atom. The van der Waals surface area contributed by atoms with E-state index in [1.165, 1.54) is 0 Å². The van der Waals surface area contributed by atoms with Gasteiger partial charge in [0.25, 0.3) is 5.91 Å². The van der Waals surface area contributed by atoms with Crippen LogP contribution in [0.5, 0.6) is 5.75 Å². The lowest BCUT2D eigenvalue weighted by atomic mass is 10.2. The van der Waals surface area contributed by atoms with Crippen LogP contribution in [0.3, 0.4) is 0 Å². The molecule has 5 heteroatoms. The minimum Gasteiger partial charge on any atom is -0.487 e. The fourth-order valence-electron chi connectivity index (χ4n) is 1.72. The maximum absolute atomic E-state index is 12.2. The summed E-state index contributed by atoms with van der Waals surface area (Å²) in [6.07, 6.45) is 1.63. The van der Waals surface area contributed by atoms with Crippen LogP contribution in [0.1, 0.15) is 10.4 Å². The predicted molar refractivity (Wildman–Crippen MR) is 86.5 cm³/mol. The molecule has 0 saturated heterocycles. The van der Waals surface area contributed by atoms with Gasteiger partial charge >= 0.3 is 0 Å². The fourth-order valence-corrected chi connectivity index (χ4v) is 2.25. The van der Waals surface area contributed by atoms with E-state index in [4.69, 9.17) is 27.9 Å². The van der Waals surface area contributed by atoms with Crippen molar-refractivity contribution in [1.29, 1.82) is 0 Å². The third-order valence-electron chi connectivity index (χ3n) is 2.62. The van der Waals surface area contributed by atoms with Crippen LogP contribution in [0.4, 0.5) is 5.69 Å². The zero-order valence-electron chi connectivity index (χ0n) is 11.1. The molecule has 0 aliphatic carbocycles. The number of carbonyl (C=O) groups is 1. The van der Waals surface area contributed by atoms with E-state index in [2.05, 4.69) is 11.9 Å². The second-order valence-corrected chi connectivity index (χ2v) is 5.08. The zero-order valence-corrected chi connectivity index (χ0v) is 12.6. The molecule has 1 amide bonds. The van der Waals surface area contributed by atoms with Crippen LogP contribution in [0.25, 0.3) is 0 Å². The molecule has 3 nitrogen and oxygen atoms in total. The fraction of sp³-hybridized carbons (Fsp3) is 0.0625. The number of hydrogen-bond acceptors (Lipinski definition) is 2. The van der Waals surface area contributed by atoms with Crippen LogP contribution in [-0.4, -0.2) is 12.5 Å². The van der Waals surface area contributed by atoms with Crippen LogP contribution < -0.4 is 10.1 Å². The van der Waals surface area contributed by atoms with Gasteiger partial charge in [0.15, 0.2) is 0 Å². The van der Waals surface area contributed by atoms with Crippen LogP contribution in [0.2, 0.25) is 10.0 Å². The Bertz CT molecular complexity index is 651. The van der Waals surface area contributed by atoms with E-state index in [1.807, 2.05) is 6.07 Å². The molecule has 0 fully saturated rings. The van der Waals surface area contributed by atoms with Gasteiger partial charge in [-0.15, -0.1) is 0 Å². The maximum atomic E-state index is 12.2.